The number of aromatic nitrogens is 2. The van der Waals surface area contributed by atoms with E-state index in [4.69, 9.17) is 34.3 Å². The van der Waals surface area contributed by atoms with Crippen LogP contribution >= 0.6 is 12.0 Å². The topological polar surface area (TPSA) is 344 Å². The molecular weight excluding hydrogens is 1220 g/mol. The van der Waals surface area contributed by atoms with Crippen LogP contribution in [-0.4, -0.2) is 123 Å². The van der Waals surface area contributed by atoms with Gasteiger partial charge in [-0.15, -0.1) is 0 Å². The second kappa shape index (κ2) is 20.3. The molecule has 23 nitrogen and oxygen atoms in total. The molecule has 84 heavy (non-hydrogen) atoms. The van der Waals surface area contributed by atoms with Gasteiger partial charge in [0, 0.05) is 0 Å². The number of aliphatic imine (C=N–C) groups is 4. The third-order valence-corrected chi connectivity index (χ3v) is 21.1. The van der Waals surface area contributed by atoms with Crippen molar-refractivity contribution < 1.29 is 63.6 Å². The maximum atomic E-state index is 12.8. The van der Waals surface area contributed by atoms with Crippen LogP contribution in [0.5, 0.6) is 0 Å². The Morgan fingerprint density at radius 2 is 1.01 bits per heavy atom. The zero-order valence-electron chi connectivity index (χ0n) is 43.5. The molecule has 0 unspecified atom stereocenters. The van der Waals surface area contributed by atoms with Gasteiger partial charge < -0.3 is 5.48 Å². The summed E-state index contributed by atoms with van der Waals surface area (Å²) < 4.78 is 126. The van der Waals surface area contributed by atoms with Gasteiger partial charge in [-0.3, -0.25) is 9.89 Å². The van der Waals surface area contributed by atoms with Crippen molar-refractivity contribution in [2.24, 2.45) is 30.0 Å². The molecule has 0 saturated carbocycles. The Kier molecular flexibility index (Phi) is 13.3. The van der Waals surface area contributed by atoms with Crippen molar-refractivity contribution in [2.45, 2.75) is 33.4 Å². The number of benzene rings is 8. The molecule has 0 spiro atoms. The van der Waals surface area contributed by atoms with Gasteiger partial charge in [0.25, 0.3) is 0 Å². The molecule has 28 heteroatoms. The van der Waals surface area contributed by atoms with E-state index in [-0.39, 0.29) is 62.1 Å². The second-order valence-corrected chi connectivity index (χ2v) is 27.5. The Bertz CT molecular complexity index is 5360. The average Bonchev–Trinajstić information content (AvgIpc) is 2.00. The molecular formula is C56H37GaN10O13S4-3. The molecule has 0 atom stereocenters. The number of amidine groups is 4. The van der Waals surface area contributed by atoms with Crippen molar-refractivity contribution in [3.05, 3.63) is 166 Å². The van der Waals surface area contributed by atoms with E-state index in [1.807, 2.05) is 24.7 Å². The van der Waals surface area contributed by atoms with Crippen LogP contribution in [-0.2, 0) is 39.7 Å². The van der Waals surface area contributed by atoms with Gasteiger partial charge in [0.05, 0.1) is 0 Å². The summed E-state index contributed by atoms with van der Waals surface area (Å²) in [5.41, 5.74) is 3.67. The standard InChI is InChI=1S/C48H24N8O12S4.C8H14N2.Ga.H2O/c57-67-68-69-37-9-1-5-21-13-29-33(17-25(21)37)45-49-41(29)51-46-35-19-27-23(7-3-11-39(27)71(61,62)63)15-31(35)43(53-46)55-48-36-20-28-24(8-4-12-40(28)72(64,65)66)16-32(36)44(56-48)54-47-34-18-26-22(14-30(34)42(50-45)52-47)6-2-10-38(26)70(58,59)60;1-8(2)3-5-10-6-4-9-7-10;;/h1-20H,(H4-2,49,50,51,52,53,54,55,56,57,58,59,60,61,62,63,64,65,66);3,7H,4-6H2,1-2H3;;1H2/q-2;;+2;/p-3. The molecule has 419 valence electrons. The monoisotopic (exact) mass is 1250 g/mol. The molecule has 3 N–H and O–H groups in total. The van der Waals surface area contributed by atoms with Crippen molar-refractivity contribution in [2.75, 3.05) is 19.6 Å². The first-order valence-corrected chi connectivity index (χ1v) is 32.4. The fraction of sp³-hybridized carbons (Fsp3) is 0.0893. The van der Waals surface area contributed by atoms with Gasteiger partial charge in [-0.05, 0) is 19.9 Å². The molecule has 7 heterocycles. The molecule has 8 aromatic carbocycles. The molecule has 10 aromatic rings. The van der Waals surface area contributed by atoms with E-state index in [0.717, 1.165) is 19.6 Å². The summed E-state index contributed by atoms with van der Waals surface area (Å²) >= 11 is -1.74. The van der Waals surface area contributed by atoms with E-state index in [2.05, 4.69) is 41.2 Å². The summed E-state index contributed by atoms with van der Waals surface area (Å²) in [7, 11) is -15.0. The van der Waals surface area contributed by atoms with Gasteiger partial charge >= 0.3 is 424 Å². The van der Waals surface area contributed by atoms with Gasteiger partial charge in [-0.1, -0.05) is 5.57 Å². The summed E-state index contributed by atoms with van der Waals surface area (Å²) in [4.78, 5) is 30.2. The van der Waals surface area contributed by atoms with Crippen LogP contribution < -0.4 is 21.5 Å². The fourth-order valence-corrected chi connectivity index (χ4v) is 16.7. The summed E-state index contributed by atoms with van der Waals surface area (Å²) in [5.74, 6) is 1.07. The average molecular weight is 1260 g/mol. The van der Waals surface area contributed by atoms with Crippen molar-refractivity contribution >= 4 is 166 Å². The quantitative estimate of drug-likeness (QED) is 0.0406. The van der Waals surface area contributed by atoms with E-state index in [9.17, 15) is 44.2 Å². The SMILES string of the molecule is CC(C)=CC[N+]1=CNCC1.O.O=S(=O)([O-])c1cccc2cc3c(cc12)C1=Nc2c4cc5cccc(S(=O)(=O)[O-])c5cc4c4[n]2[Ga][n]2c(c5cc6cccc(S(=O)(=O)[O-])c6cc5c2=NC3=N1)=NC1=NC(=N4)c2cc3cccc(SOO[O-])c3cc21. The summed E-state index contributed by atoms with van der Waals surface area (Å²) in [5, 5.41) is 22.2. The van der Waals surface area contributed by atoms with Crippen LogP contribution in [0.15, 0.2) is 183 Å². The normalized spacial score (nSPS) is 14.9. The first kappa shape index (κ1) is 55.1. The van der Waals surface area contributed by atoms with Gasteiger partial charge in [0.15, 0.2) is 0 Å². The first-order chi connectivity index (χ1) is 39.8. The number of fused-ring (bicyclic) bond motifs is 18. The summed E-state index contributed by atoms with van der Waals surface area (Å²) in [6.45, 7) is 7.54. The van der Waals surface area contributed by atoms with Gasteiger partial charge in [-0.25, -0.2) is 0 Å². The van der Waals surface area contributed by atoms with Crippen LogP contribution in [0.25, 0.3) is 64.6 Å². The van der Waals surface area contributed by atoms with E-state index in [1.54, 1.807) is 60.7 Å². The van der Waals surface area contributed by atoms with Crippen molar-refractivity contribution in [1.29, 1.82) is 0 Å². The number of nitrogens with one attached hydrogen (secondary N) is 1. The van der Waals surface area contributed by atoms with Crippen molar-refractivity contribution in [1.82, 2.24) is 11.9 Å². The maximum absolute atomic E-state index is 12.8. The predicted octanol–water partition coefficient (Wildman–Crippen LogP) is 4.80. The number of nitrogens with zero attached hydrogens (tertiary/aromatic N) is 9. The molecule has 5 aliphatic rings. The Morgan fingerprint density at radius 1 is 0.571 bits per heavy atom. The fourth-order valence-electron chi connectivity index (χ4n) is 11.0. The minimum atomic E-state index is -5.02. The van der Waals surface area contributed by atoms with E-state index < -0.39 is 62.9 Å². The van der Waals surface area contributed by atoms with Gasteiger partial charge in [-0.2, -0.15) is 0 Å². The first-order valence-electron chi connectivity index (χ1n) is 25.2. The number of hydrogen-bond acceptors (Lipinski definition) is 20. The van der Waals surface area contributed by atoms with Crippen LogP contribution in [0, 0.1) is 0 Å². The number of hydrogen-bond donors (Lipinski definition) is 1. The van der Waals surface area contributed by atoms with Crippen LogP contribution in [0.2, 0.25) is 0 Å². The van der Waals surface area contributed by atoms with Gasteiger partial charge in [0.2, 0.25) is 6.34 Å². The molecule has 0 aliphatic carbocycles. The van der Waals surface area contributed by atoms with Gasteiger partial charge in [0.1, 0.15) is 19.6 Å². The van der Waals surface area contributed by atoms with E-state index in [1.165, 1.54) is 48.0 Å². The van der Waals surface area contributed by atoms with Crippen molar-refractivity contribution in [3.63, 3.8) is 0 Å². The molecule has 2 aromatic heterocycles. The van der Waals surface area contributed by atoms with E-state index in [0.29, 0.717) is 93.2 Å². The molecule has 5 aliphatic heterocycles. The van der Waals surface area contributed by atoms with Crippen LogP contribution in [0.4, 0.5) is 11.6 Å². The molecule has 1 radical (unpaired) electrons. The van der Waals surface area contributed by atoms with E-state index >= 15 is 0 Å². The van der Waals surface area contributed by atoms with Crippen molar-refractivity contribution in [3.8, 4) is 0 Å². The molecule has 0 fully saturated rings. The Hall–Kier alpha value is -8.07. The zero-order chi connectivity index (χ0) is 57.4. The third-order valence-electron chi connectivity index (χ3n) is 14.8. The Balaban J connectivity index is 0.000000545. The minimum absolute atomic E-state index is 0. The Labute approximate surface area is 487 Å². The molecule has 15 rings (SSSR count). The summed E-state index contributed by atoms with van der Waals surface area (Å²) in [6, 6.07) is 31.7. The van der Waals surface area contributed by atoms with Crippen LogP contribution in [0.1, 0.15) is 36.1 Å². The Morgan fingerprint density at radius 3 is 1.52 bits per heavy atom. The third kappa shape index (κ3) is 9.27. The molecule has 0 saturated heterocycles. The number of rotatable bonds is 8. The number of allylic oxidation sites excluding steroid dienone is 1. The molecule has 6 bridgehead atoms. The second-order valence-electron chi connectivity index (χ2n) is 20.1. The van der Waals surface area contributed by atoms with Crippen LogP contribution in [0.3, 0.4) is 0 Å². The zero-order valence-corrected chi connectivity index (χ0v) is 49.1. The summed E-state index contributed by atoms with van der Waals surface area (Å²) in [6.07, 6.45) is 4.29. The predicted molar refractivity (Wildman–Crippen MR) is 310 cm³/mol. The molecule has 0 amide bonds.